The highest BCUT2D eigenvalue weighted by atomic mass is 32.1. The van der Waals surface area contributed by atoms with Gasteiger partial charge in [-0.15, -0.1) is 0 Å². The SMILES string of the molecule is O=C(O)CN1C(=O)C(NC(=O)[C@@H](S)Cc2ccccc2)CC2=C1/N=C\C=C/CC2. The molecule has 2 N–H and O–H groups in total. The summed E-state index contributed by atoms with van der Waals surface area (Å²) in [6, 6.07) is 8.67. The van der Waals surface area contributed by atoms with E-state index in [0.717, 1.165) is 22.5 Å². The second-order valence-electron chi connectivity index (χ2n) is 6.96. The second kappa shape index (κ2) is 9.56. The summed E-state index contributed by atoms with van der Waals surface area (Å²) >= 11 is 4.39. The number of aliphatic imine (C=N–C) groups is 1. The van der Waals surface area contributed by atoms with Gasteiger partial charge in [-0.25, -0.2) is 4.99 Å². The minimum Gasteiger partial charge on any atom is -0.480 e. The topological polar surface area (TPSA) is 99.1 Å². The molecule has 0 aromatic heterocycles. The molecule has 0 saturated heterocycles. The number of aliphatic carboxylic acids is 1. The maximum Gasteiger partial charge on any atom is 0.323 e. The van der Waals surface area contributed by atoms with Crippen molar-refractivity contribution in [2.24, 2.45) is 4.99 Å². The number of carbonyl (C=O) groups is 3. The first-order valence-corrected chi connectivity index (χ1v) is 9.94. The maximum atomic E-state index is 12.9. The van der Waals surface area contributed by atoms with Crippen molar-refractivity contribution in [3.05, 3.63) is 59.4 Å². The van der Waals surface area contributed by atoms with Crippen molar-refractivity contribution >= 4 is 36.6 Å². The fraction of sp³-hybridized carbons (Fsp3) is 0.333. The van der Waals surface area contributed by atoms with Crippen LogP contribution >= 0.6 is 12.6 Å². The van der Waals surface area contributed by atoms with Crippen molar-refractivity contribution in [1.82, 2.24) is 10.2 Å². The number of carboxylic acid groups (broad SMARTS) is 1. The van der Waals surface area contributed by atoms with Gasteiger partial charge < -0.3 is 10.4 Å². The number of hydrogen-bond donors (Lipinski definition) is 3. The highest BCUT2D eigenvalue weighted by Gasteiger charge is 2.37. The predicted octanol–water partition coefficient (Wildman–Crippen LogP) is 1.96. The summed E-state index contributed by atoms with van der Waals surface area (Å²) in [5, 5.41) is 11.4. The minimum absolute atomic E-state index is 0.313. The Balaban J connectivity index is 1.76. The van der Waals surface area contributed by atoms with E-state index >= 15 is 0 Å². The van der Waals surface area contributed by atoms with Gasteiger partial charge in [0.25, 0.3) is 5.91 Å². The zero-order chi connectivity index (χ0) is 20.8. The maximum absolute atomic E-state index is 12.9. The smallest absolute Gasteiger partial charge is 0.323 e. The molecule has 1 aromatic rings. The summed E-state index contributed by atoms with van der Waals surface area (Å²) in [7, 11) is 0. The molecule has 0 bridgehead atoms. The molecule has 2 amide bonds. The fourth-order valence-electron chi connectivity index (χ4n) is 3.41. The Hall–Kier alpha value is -2.87. The van der Waals surface area contributed by atoms with E-state index in [4.69, 9.17) is 0 Å². The van der Waals surface area contributed by atoms with Crippen molar-refractivity contribution in [3.63, 3.8) is 0 Å². The summed E-state index contributed by atoms with van der Waals surface area (Å²) in [6.07, 6.45) is 7.43. The first kappa shape index (κ1) is 20.9. The lowest BCUT2D eigenvalue weighted by Crippen LogP contribution is -2.53. The summed E-state index contributed by atoms with van der Waals surface area (Å²) < 4.78 is 0. The van der Waals surface area contributed by atoms with E-state index in [1.807, 2.05) is 36.4 Å². The third-order valence-corrected chi connectivity index (χ3v) is 5.22. The average Bonchev–Trinajstić information content (AvgIpc) is 2.67. The van der Waals surface area contributed by atoms with Crippen LogP contribution in [0.25, 0.3) is 0 Å². The molecule has 1 aromatic carbocycles. The van der Waals surface area contributed by atoms with E-state index in [-0.39, 0.29) is 5.91 Å². The zero-order valence-electron chi connectivity index (χ0n) is 15.8. The van der Waals surface area contributed by atoms with Crippen LogP contribution in [0, 0.1) is 0 Å². The summed E-state index contributed by atoms with van der Waals surface area (Å²) in [4.78, 5) is 42.3. The third kappa shape index (κ3) is 5.35. The van der Waals surface area contributed by atoms with E-state index in [9.17, 15) is 19.5 Å². The van der Waals surface area contributed by atoms with Crippen LogP contribution in [-0.2, 0) is 20.8 Å². The van der Waals surface area contributed by atoms with Gasteiger partial charge in [0.2, 0.25) is 5.91 Å². The molecule has 7 nitrogen and oxygen atoms in total. The van der Waals surface area contributed by atoms with Crippen LogP contribution < -0.4 is 5.32 Å². The Morgan fingerprint density at radius 1 is 1.31 bits per heavy atom. The number of nitrogens with one attached hydrogen (secondary N) is 1. The van der Waals surface area contributed by atoms with E-state index in [1.54, 1.807) is 12.3 Å². The van der Waals surface area contributed by atoms with E-state index < -0.39 is 29.7 Å². The molecule has 0 spiro atoms. The van der Waals surface area contributed by atoms with Crippen molar-refractivity contribution in [3.8, 4) is 0 Å². The molecular weight excluding hydrogens is 390 g/mol. The van der Waals surface area contributed by atoms with Crippen LogP contribution in [0.1, 0.15) is 24.8 Å². The normalized spacial score (nSPS) is 22.2. The molecule has 0 saturated carbocycles. The third-order valence-electron chi connectivity index (χ3n) is 4.80. The molecule has 8 heteroatoms. The molecular formula is C21H23N3O4S. The molecule has 152 valence electrons. The Morgan fingerprint density at radius 2 is 2.07 bits per heavy atom. The predicted molar refractivity (Wildman–Crippen MR) is 113 cm³/mol. The lowest BCUT2D eigenvalue weighted by molar-refractivity contribution is -0.144. The second-order valence-corrected chi connectivity index (χ2v) is 7.58. The number of allylic oxidation sites excluding steroid dienone is 2. The highest BCUT2D eigenvalue weighted by molar-refractivity contribution is 7.81. The number of carboxylic acids is 1. The van der Waals surface area contributed by atoms with E-state index in [2.05, 4.69) is 22.9 Å². The molecule has 0 aliphatic carbocycles. The van der Waals surface area contributed by atoms with Crippen molar-refractivity contribution in [2.75, 3.05) is 6.54 Å². The van der Waals surface area contributed by atoms with E-state index in [0.29, 0.717) is 25.1 Å². The molecule has 1 unspecified atom stereocenters. The number of carbonyl (C=O) groups excluding carboxylic acids is 2. The Morgan fingerprint density at radius 3 is 2.79 bits per heavy atom. The van der Waals surface area contributed by atoms with Gasteiger partial charge in [-0.3, -0.25) is 19.3 Å². The van der Waals surface area contributed by atoms with Crippen molar-refractivity contribution in [1.29, 1.82) is 0 Å². The van der Waals surface area contributed by atoms with Crippen molar-refractivity contribution < 1.29 is 19.5 Å². The van der Waals surface area contributed by atoms with Gasteiger partial charge >= 0.3 is 5.97 Å². The number of hydrogen-bond acceptors (Lipinski definition) is 5. The monoisotopic (exact) mass is 413 g/mol. The van der Waals surface area contributed by atoms with Crippen LogP contribution in [0.5, 0.6) is 0 Å². The molecule has 0 radical (unpaired) electrons. The van der Waals surface area contributed by atoms with Gasteiger partial charge in [-0.2, -0.15) is 12.6 Å². The summed E-state index contributed by atoms with van der Waals surface area (Å²) in [5.74, 6) is -1.59. The average molecular weight is 413 g/mol. The highest BCUT2D eigenvalue weighted by Crippen LogP contribution is 2.29. The first-order valence-electron chi connectivity index (χ1n) is 9.42. The first-order chi connectivity index (χ1) is 14.0. The fourth-order valence-corrected chi connectivity index (χ4v) is 3.70. The van der Waals surface area contributed by atoms with Gasteiger partial charge in [0.1, 0.15) is 18.4 Å². The van der Waals surface area contributed by atoms with Crippen LogP contribution in [0.4, 0.5) is 0 Å². The van der Waals surface area contributed by atoms with Crippen molar-refractivity contribution in [2.45, 2.75) is 37.0 Å². The number of rotatable bonds is 6. The van der Waals surface area contributed by atoms with Gasteiger partial charge in [0.05, 0.1) is 5.25 Å². The van der Waals surface area contributed by atoms with Gasteiger partial charge in [0.15, 0.2) is 0 Å². The van der Waals surface area contributed by atoms with Gasteiger partial charge in [-0.05, 0) is 36.5 Å². The largest absolute Gasteiger partial charge is 0.480 e. The molecule has 2 aliphatic rings. The lowest BCUT2D eigenvalue weighted by Gasteiger charge is -2.34. The molecule has 29 heavy (non-hydrogen) atoms. The lowest BCUT2D eigenvalue weighted by atomic mass is 9.95. The Labute approximate surface area is 174 Å². The molecule has 2 aliphatic heterocycles. The van der Waals surface area contributed by atoms with Gasteiger partial charge in [-0.1, -0.05) is 36.4 Å². The number of benzene rings is 1. The standard InChI is InChI=1S/C21H23N3O4S/c25-18(26)13-24-19-15(9-5-2-6-10-22-19)12-16(21(24)28)23-20(27)17(29)11-14-7-3-1-4-8-14/h1-4,6-8,10,16-17,29H,5,9,11-13H2,(H,23,27)(H,25,26)/b6-2-,22-10-/t16?,17-/m0/s1. The van der Waals surface area contributed by atoms with E-state index in [1.165, 1.54) is 0 Å². The Kier molecular flexibility index (Phi) is 6.87. The quantitative estimate of drug-likeness (QED) is 0.621. The van der Waals surface area contributed by atoms with Crippen LogP contribution in [-0.4, -0.2) is 51.8 Å². The molecule has 2 atom stereocenters. The number of thiol groups is 1. The number of nitrogens with zero attached hydrogens (tertiary/aromatic N) is 2. The van der Waals surface area contributed by atoms with Crippen LogP contribution in [0.2, 0.25) is 0 Å². The van der Waals surface area contributed by atoms with Gasteiger partial charge in [0, 0.05) is 12.6 Å². The minimum atomic E-state index is -1.14. The summed E-state index contributed by atoms with van der Waals surface area (Å²) in [5.41, 5.74) is 1.83. The molecule has 3 rings (SSSR count). The summed E-state index contributed by atoms with van der Waals surface area (Å²) in [6.45, 7) is -0.501. The zero-order valence-corrected chi connectivity index (χ0v) is 16.7. The number of amides is 2. The Bertz CT molecular complexity index is 879. The molecule has 2 heterocycles. The molecule has 0 fully saturated rings. The van der Waals surface area contributed by atoms with Crippen LogP contribution in [0.3, 0.4) is 0 Å². The van der Waals surface area contributed by atoms with Crippen LogP contribution in [0.15, 0.2) is 58.9 Å².